The molecule has 1 atom stereocenters. The van der Waals surface area contributed by atoms with Crippen molar-refractivity contribution in [2.75, 3.05) is 37.4 Å². The summed E-state index contributed by atoms with van der Waals surface area (Å²) >= 11 is 1.25. The highest BCUT2D eigenvalue weighted by Gasteiger charge is 2.19. The molecule has 0 aliphatic carbocycles. The first-order chi connectivity index (χ1) is 18.5. The summed E-state index contributed by atoms with van der Waals surface area (Å²) in [6.07, 6.45) is 5.38. The molecule has 11 heteroatoms. The number of nitrogens with one attached hydrogen (secondary N) is 2. The number of amides is 2. The number of ether oxygens (including phenoxy) is 2. The van der Waals surface area contributed by atoms with Crippen LogP contribution < -0.4 is 20.1 Å². The second kappa shape index (κ2) is 11.4. The van der Waals surface area contributed by atoms with Crippen molar-refractivity contribution < 1.29 is 18.7 Å². The lowest BCUT2D eigenvalue weighted by Crippen LogP contribution is -2.34. The van der Waals surface area contributed by atoms with Gasteiger partial charge in [0.2, 0.25) is 5.69 Å². The minimum atomic E-state index is -0.666. The number of benzene rings is 2. The summed E-state index contributed by atoms with van der Waals surface area (Å²) in [6, 6.07) is 8.61. The maximum Gasteiger partial charge on any atom is 0.325 e. The predicted molar refractivity (Wildman–Crippen MR) is 145 cm³/mol. The molecule has 3 heterocycles. The lowest BCUT2D eigenvalue weighted by atomic mass is 9.99. The molecule has 2 aromatic carbocycles. The first-order valence-electron chi connectivity index (χ1n) is 12.0. The Bertz CT molecular complexity index is 1490. The molecule has 38 heavy (non-hydrogen) atoms. The molecule has 1 saturated heterocycles. The Morgan fingerprint density at radius 3 is 2.87 bits per heavy atom. The van der Waals surface area contributed by atoms with E-state index in [9.17, 15) is 9.18 Å². The van der Waals surface area contributed by atoms with Gasteiger partial charge in [-0.15, -0.1) is 11.3 Å². The molecule has 0 bridgehead atoms. The summed E-state index contributed by atoms with van der Waals surface area (Å²) < 4.78 is 26.8. The summed E-state index contributed by atoms with van der Waals surface area (Å²) in [5.41, 5.74) is 0.951. The number of urea groups is 1. The van der Waals surface area contributed by atoms with Crippen LogP contribution >= 0.6 is 11.3 Å². The Kier molecular flexibility index (Phi) is 7.62. The SMILES string of the molecule is [C-]#[N+]c1cc2c(Oc3ccc(NC(=O)Nc4nccs4)c(F)c3)ccnc2cc1OCC1CCCN(C)C1. The van der Waals surface area contributed by atoms with Gasteiger partial charge in [0.15, 0.2) is 5.13 Å². The van der Waals surface area contributed by atoms with Crippen LogP contribution in [0, 0.1) is 18.3 Å². The van der Waals surface area contributed by atoms with E-state index in [-0.39, 0.29) is 11.4 Å². The number of anilines is 2. The Balaban J connectivity index is 1.31. The number of carbonyl (C=O) groups is 1. The van der Waals surface area contributed by atoms with Gasteiger partial charge in [-0.25, -0.2) is 19.0 Å². The third-order valence-electron chi connectivity index (χ3n) is 6.17. The van der Waals surface area contributed by atoms with E-state index in [4.69, 9.17) is 16.0 Å². The van der Waals surface area contributed by atoms with E-state index in [0.29, 0.717) is 45.7 Å². The number of fused-ring (bicyclic) bond motifs is 1. The molecule has 1 aliphatic heterocycles. The van der Waals surface area contributed by atoms with Crippen molar-refractivity contribution >= 4 is 44.8 Å². The van der Waals surface area contributed by atoms with Crippen molar-refractivity contribution in [3.05, 3.63) is 71.4 Å². The van der Waals surface area contributed by atoms with E-state index in [1.165, 1.54) is 23.5 Å². The first-order valence-corrected chi connectivity index (χ1v) is 12.9. The van der Waals surface area contributed by atoms with Gasteiger partial charge in [0.1, 0.15) is 23.1 Å². The number of thiazole rings is 1. The zero-order valence-electron chi connectivity index (χ0n) is 20.6. The highest BCUT2D eigenvalue weighted by atomic mass is 32.1. The fourth-order valence-corrected chi connectivity index (χ4v) is 4.89. The zero-order chi connectivity index (χ0) is 26.5. The van der Waals surface area contributed by atoms with E-state index in [1.54, 1.807) is 42.0 Å². The molecule has 1 fully saturated rings. The average Bonchev–Trinajstić information content (AvgIpc) is 3.41. The fraction of sp³-hybridized carbons (Fsp3) is 0.259. The van der Waals surface area contributed by atoms with Gasteiger partial charge in [-0.1, -0.05) is 0 Å². The number of piperidine rings is 1. The molecule has 4 aromatic rings. The highest BCUT2D eigenvalue weighted by Crippen LogP contribution is 2.38. The lowest BCUT2D eigenvalue weighted by molar-refractivity contribution is 0.151. The standard InChI is InChI=1S/C27H25FN6O3S/c1-29-23-13-19-22(14-25(23)36-16-17-4-3-10-34(2)15-17)30-8-7-24(19)37-18-5-6-21(20(28)12-18)32-26(35)33-27-31-9-11-38-27/h5-9,11-14,17H,3-4,10,15-16H2,2H3,(H2,31,32,33,35). The molecule has 2 amide bonds. The van der Waals surface area contributed by atoms with Gasteiger partial charge >= 0.3 is 6.03 Å². The van der Waals surface area contributed by atoms with Crippen LogP contribution in [-0.2, 0) is 0 Å². The first kappa shape index (κ1) is 25.4. The third-order valence-corrected chi connectivity index (χ3v) is 6.86. The Labute approximate surface area is 223 Å². The normalized spacial score (nSPS) is 15.6. The summed E-state index contributed by atoms with van der Waals surface area (Å²) in [5, 5.41) is 7.72. The number of pyridine rings is 1. The van der Waals surface area contributed by atoms with E-state index in [2.05, 4.69) is 37.4 Å². The number of nitrogens with zero attached hydrogens (tertiary/aromatic N) is 4. The van der Waals surface area contributed by atoms with Crippen molar-refractivity contribution in [1.29, 1.82) is 0 Å². The van der Waals surface area contributed by atoms with Gasteiger partial charge in [0.05, 0.1) is 24.4 Å². The second-order valence-electron chi connectivity index (χ2n) is 9.00. The summed E-state index contributed by atoms with van der Waals surface area (Å²) in [5.74, 6) is 0.884. The van der Waals surface area contributed by atoms with E-state index < -0.39 is 11.8 Å². The molecule has 0 saturated carbocycles. The van der Waals surface area contributed by atoms with Crippen molar-refractivity contribution in [2.45, 2.75) is 12.8 Å². The van der Waals surface area contributed by atoms with Gasteiger partial charge in [0, 0.05) is 41.7 Å². The van der Waals surface area contributed by atoms with Crippen LogP contribution in [0.4, 0.5) is 25.7 Å². The summed E-state index contributed by atoms with van der Waals surface area (Å²) in [4.78, 5) is 26.4. The number of carbonyl (C=O) groups excluding carboxylic acids is 1. The molecule has 2 N–H and O–H groups in total. The molecule has 0 spiro atoms. The minimum absolute atomic E-state index is 0.00719. The van der Waals surface area contributed by atoms with Crippen molar-refractivity contribution in [3.63, 3.8) is 0 Å². The number of aromatic nitrogens is 2. The van der Waals surface area contributed by atoms with Crippen LogP contribution in [0.2, 0.25) is 0 Å². The van der Waals surface area contributed by atoms with Gasteiger partial charge in [-0.05, 0) is 56.8 Å². The van der Waals surface area contributed by atoms with Crippen molar-refractivity contribution in [1.82, 2.24) is 14.9 Å². The zero-order valence-corrected chi connectivity index (χ0v) is 21.4. The molecule has 0 radical (unpaired) electrons. The molecule has 9 nitrogen and oxygen atoms in total. The predicted octanol–water partition coefficient (Wildman–Crippen LogP) is 6.54. The number of rotatable bonds is 7. The average molecular weight is 533 g/mol. The number of hydrogen-bond acceptors (Lipinski definition) is 7. The molecular formula is C27H25FN6O3S. The molecule has 194 valence electrons. The van der Waals surface area contributed by atoms with Crippen LogP contribution in [0.5, 0.6) is 17.2 Å². The van der Waals surface area contributed by atoms with E-state index >= 15 is 0 Å². The molecule has 1 aliphatic rings. The smallest absolute Gasteiger partial charge is 0.325 e. The summed E-state index contributed by atoms with van der Waals surface area (Å²) in [6.45, 7) is 10.3. The molecule has 5 rings (SSSR count). The van der Waals surface area contributed by atoms with Gasteiger partial charge in [-0.3, -0.25) is 10.3 Å². The Morgan fingerprint density at radius 2 is 2.11 bits per heavy atom. The molecule has 1 unspecified atom stereocenters. The second-order valence-corrected chi connectivity index (χ2v) is 9.89. The van der Waals surface area contributed by atoms with Crippen molar-refractivity contribution in [2.24, 2.45) is 5.92 Å². The van der Waals surface area contributed by atoms with Crippen LogP contribution in [0.15, 0.2) is 54.2 Å². The largest absolute Gasteiger partial charge is 0.504 e. The van der Waals surface area contributed by atoms with Crippen molar-refractivity contribution in [3.8, 4) is 17.2 Å². The third kappa shape index (κ3) is 5.99. The number of likely N-dealkylation sites (tertiary alicyclic amines) is 1. The molecular weight excluding hydrogens is 507 g/mol. The number of halogens is 1. The van der Waals surface area contributed by atoms with Gasteiger partial charge in [0.25, 0.3) is 0 Å². The minimum Gasteiger partial charge on any atom is -0.504 e. The fourth-order valence-electron chi connectivity index (χ4n) is 4.37. The Hall–Kier alpha value is -4.27. The highest BCUT2D eigenvalue weighted by molar-refractivity contribution is 7.13. The molecule has 2 aromatic heterocycles. The lowest BCUT2D eigenvalue weighted by Gasteiger charge is -2.29. The quantitative estimate of drug-likeness (QED) is 0.263. The maximum absolute atomic E-state index is 14.7. The maximum atomic E-state index is 14.7. The van der Waals surface area contributed by atoms with Crippen LogP contribution in [0.1, 0.15) is 12.8 Å². The monoisotopic (exact) mass is 532 g/mol. The number of hydrogen-bond donors (Lipinski definition) is 2. The van der Waals surface area contributed by atoms with Crippen LogP contribution in [-0.4, -0.2) is 47.6 Å². The van der Waals surface area contributed by atoms with Gasteiger partial charge in [-0.2, -0.15) is 0 Å². The summed E-state index contributed by atoms with van der Waals surface area (Å²) in [7, 11) is 2.11. The van der Waals surface area contributed by atoms with Crippen LogP contribution in [0.25, 0.3) is 15.7 Å². The van der Waals surface area contributed by atoms with E-state index in [1.807, 2.05) is 0 Å². The van der Waals surface area contributed by atoms with E-state index in [0.717, 1.165) is 25.9 Å². The van der Waals surface area contributed by atoms with Gasteiger partial charge < -0.3 is 19.7 Å². The topological polar surface area (TPSA) is 93.0 Å². The van der Waals surface area contributed by atoms with Crippen LogP contribution in [0.3, 0.4) is 0 Å². The Morgan fingerprint density at radius 1 is 1.21 bits per heavy atom.